The first-order valence-electron chi connectivity index (χ1n) is 8.48. The molecule has 0 bridgehead atoms. The van der Waals surface area contributed by atoms with Crippen molar-refractivity contribution in [3.8, 4) is 11.5 Å². The topological polar surface area (TPSA) is 65.1 Å². The highest BCUT2D eigenvalue weighted by Gasteiger charge is 2.28. The highest BCUT2D eigenvalue weighted by Crippen LogP contribution is 2.35. The number of ether oxygens (including phenoxy) is 3. The van der Waals surface area contributed by atoms with E-state index in [0.29, 0.717) is 48.4 Å². The average Bonchev–Trinajstić information content (AvgIpc) is 2.99. The normalized spacial score (nSPS) is 17.6. The summed E-state index contributed by atoms with van der Waals surface area (Å²) < 4.78 is 16.3. The summed E-state index contributed by atoms with van der Waals surface area (Å²) in [6, 6.07) is 11.8. The van der Waals surface area contributed by atoms with Gasteiger partial charge in [0.25, 0.3) is 0 Å². The molecular formula is C20H16ClNO5. The Kier molecular flexibility index (Phi) is 4.83. The maximum Gasteiger partial charge on any atom is 0.415 e. The van der Waals surface area contributed by atoms with E-state index >= 15 is 0 Å². The van der Waals surface area contributed by atoms with Gasteiger partial charge in [0, 0.05) is 24.2 Å². The second-order valence-electron chi connectivity index (χ2n) is 6.12. The van der Waals surface area contributed by atoms with Gasteiger partial charge in [0.2, 0.25) is 5.78 Å². The molecule has 1 amide bonds. The predicted molar refractivity (Wildman–Crippen MR) is 99.2 cm³/mol. The molecule has 7 heteroatoms. The maximum absolute atomic E-state index is 12.5. The molecule has 27 heavy (non-hydrogen) atoms. The fraction of sp³-hybridized carbons (Fsp3) is 0.200. The number of allylic oxidation sites excluding steroid dienone is 1. The quantitative estimate of drug-likeness (QED) is 0.736. The predicted octanol–water partition coefficient (Wildman–Crippen LogP) is 3.79. The Morgan fingerprint density at radius 3 is 2.59 bits per heavy atom. The van der Waals surface area contributed by atoms with E-state index in [-0.39, 0.29) is 11.5 Å². The molecule has 0 aliphatic carbocycles. The Labute approximate surface area is 160 Å². The number of ketones is 1. The van der Waals surface area contributed by atoms with Gasteiger partial charge >= 0.3 is 6.09 Å². The second kappa shape index (κ2) is 7.42. The van der Waals surface area contributed by atoms with Crippen molar-refractivity contribution in [3.63, 3.8) is 0 Å². The van der Waals surface area contributed by atoms with Crippen LogP contribution in [0, 0.1) is 0 Å². The van der Waals surface area contributed by atoms with Crippen LogP contribution in [-0.2, 0) is 4.74 Å². The van der Waals surface area contributed by atoms with Crippen molar-refractivity contribution in [1.82, 2.24) is 4.90 Å². The first kappa shape index (κ1) is 17.6. The van der Waals surface area contributed by atoms with E-state index in [1.54, 1.807) is 53.4 Å². The average molecular weight is 386 g/mol. The van der Waals surface area contributed by atoms with Gasteiger partial charge in [-0.05, 0) is 35.9 Å². The minimum Gasteiger partial charge on any atom is -0.452 e. The van der Waals surface area contributed by atoms with Gasteiger partial charge in [-0.15, -0.1) is 0 Å². The Hall–Kier alpha value is -2.83. The van der Waals surface area contributed by atoms with Crippen LogP contribution < -0.4 is 9.47 Å². The third-order valence-corrected chi connectivity index (χ3v) is 4.54. The summed E-state index contributed by atoms with van der Waals surface area (Å²) in [5.41, 5.74) is 1.23. The molecule has 2 aliphatic heterocycles. The van der Waals surface area contributed by atoms with Crippen molar-refractivity contribution in [3.05, 3.63) is 64.4 Å². The molecule has 2 aliphatic rings. The van der Waals surface area contributed by atoms with Crippen molar-refractivity contribution < 1.29 is 23.8 Å². The van der Waals surface area contributed by atoms with Crippen LogP contribution in [0.15, 0.2) is 48.2 Å². The minimum absolute atomic E-state index is 0.212. The number of amides is 1. The van der Waals surface area contributed by atoms with E-state index in [0.717, 1.165) is 5.56 Å². The van der Waals surface area contributed by atoms with Gasteiger partial charge in [-0.3, -0.25) is 4.79 Å². The van der Waals surface area contributed by atoms with Crippen LogP contribution >= 0.6 is 11.6 Å². The number of carbonyl (C=O) groups excluding carboxylic acids is 2. The van der Waals surface area contributed by atoms with Gasteiger partial charge in [0.15, 0.2) is 5.76 Å². The molecule has 138 valence electrons. The lowest BCUT2D eigenvalue weighted by atomic mass is 10.1. The number of hydrogen-bond donors (Lipinski definition) is 0. The van der Waals surface area contributed by atoms with Crippen LogP contribution in [0.25, 0.3) is 6.08 Å². The number of nitrogens with zero attached hydrogens (tertiary/aromatic N) is 1. The Balaban J connectivity index is 1.50. The monoisotopic (exact) mass is 385 g/mol. The number of benzene rings is 2. The minimum atomic E-state index is -0.445. The number of rotatable bonds is 2. The zero-order chi connectivity index (χ0) is 18.8. The van der Waals surface area contributed by atoms with Crippen molar-refractivity contribution in [1.29, 1.82) is 0 Å². The van der Waals surface area contributed by atoms with Gasteiger partial charge in [-0.2, -0.15) is 0 Å². The lowest BCUT2D eigenvalue weighted by Crippen LogP contribution is -2.42. The number of fused-ring (bicyclic) bond motifs is 1. The summed E-state index contributed by atoms with van der Waals surface area (Å²) in [5, 5.41) is 0.617. The fourth-order valence-corrected chi connectivity index (χ4v) is 2.98. The SMILES string of the molecule is O=C1/C(=C\c2ccc(Cl)cc2)Oc2cc(OC(=O)N3CCOCC3)ccc21. The third-order valence-electron chi connectivity index (χ3n) is 4.28. The van der Waals surface area contributed by atoms with E-state index in [1.165, 1.54) is 0 Å². The van der Waals surface area contributed by atoms with E-state index in [9.17, 15) is 9.59 Å². The molecule has 2 heterocycles. The van der Waals surface area contributed by atoms with Crippen molar-refractivity contribution in [2.45, 2.75) is 0 Å². The molecule has 0 unspecified atom stereocenters. The van der Waals surface area contributed by atoms with Crippen molar-refractivity contribution in [2.75, 3.05) is 26.3 Å². The van der Waals surface area contributed by atoms with Crippen molar-refractivity contribution in [2.24, 2.45) is 0 Å². The molecule has 0 radical (unpaired) electrons. The molecule has 1 fully saturated rings. The van der Waals surface area contributed by atoms with Crippen LogP contribution in [-0.4, -0.2) is 43.1 Å². The summed E-state index contributed by atoms with van der Waals surface area (Å²) in [5.74, 6) is 0.688. The first-order valence-corrected chi connectivity index (χ1v) is 8.86. The highest BCUT2D eigenvalue weighted by atomic mass is 35.5. The lowest BCUT2D eigenvalue weighted by Gasteiger charge is -2.25. The van der Waals surface area contributed by atoms with Gasteiger partial charge in [-0.25, -0.2) is 4.79 Å². The molecule has 0 N–H and O–H groups in total. The standard InChI is InChI=1S/C20H16ClNO5/c21-14-3-1-13(2-4-14)11-18-19(23)16-6-5-15(12-17(16)27-18)26-20(24)22-7-9-25-10-8-22/h1-6,11-12H,7-10H2/b18-11+. The van der Waals surface area contributed by atoms with Gasteiger partial charge in [0.05, 0.1) is 18.8 Å². The Morgan fingerprint density at radius 1 is 1.11 bits per heavy atom. The zero-order valence-corrected chi connectivity index (χ0v) is 15.1. The molecule has 0 aromatic heterocycles. The maximum atomic E-state index is 12.5. The smallest absolute Gasteiger partial charge is 0.415 e. The van der Waals surface area contributed by atoms with Crippen LogP contribution in [0.2, 0.25) is 5.02 Å². The van der Waals surface area contributed by atoms with E-state index in [1.807, 2.05) is 0 Å². The summed E-state index contributed by atoms with van der Waals surface area (Å²) in [4.78, 5) is 26.3. The summed E-state index contributed by atoms with van der Waals surface area (Å²) in [6.45, 7) is 1.98. The molecule has 6 nitrogen and oxygen atoms in total. The van der Waals surface area contributed by atoms with Crippen LogP contribution in [0.4, 0.5) is 4.79 Å². The van der Waals surface area contributed by atoms with E-state index in [2.05, 4.69) is 0 Å². The summed E-state index contributed by atoms with van der Waals surface area (Å²) in [6.07, 6.45) is 1.21. The molecule has 4 rings (SSSR count). The van der Waals surface area contributed by atoms with Crippen LogP contribution in [0.3, 0.4) is 0 Å². The van der Waals surface area contributed by atoms with E-state index < -0.39 is 6.09 Å². The molecular weight excluding hydrogens is 370 g/mol. The second-order valence-corrected chi connectivity index (χ2v) is 6.55. The van der Waals surface area contributed by atoms with Gasteiger partial charge in [0.1, 0.15) is 11.5 Å². The number of Topliss-reactive ketones (excluding diaryl/α,β-unsaturated/α-hetero) is 1. The van der Waals surface area contributed by atoms with Gasteiger partial charge < -0.3 is 19.1 Å². The first-order chi connectivity index (χ1) is 13.1. The molecule has 2 aromatic rings. The van der Waals surface area contributed by atoms with Crippen molar-refractivity contribution >= 4 is 29.6 Å². The zero-order valence-electron chi connectivity index (χ0n) is 14.3. The highest BCUT2D eigenvalue weighted by molar-refractivity contribution is 6.30. The Bertz CT molecular complexity index is 916. The molecule has 1 saturated heterocycles. The summed E-state index contributed by atoms with van der Waals surface area (Å²) in [7, 11) is 0. The number of morpholine rings is 1. The molecule has 0 saturated carbocycles. The Morgan fingerprint density at radius 2 is 1.85 bits per heavy atom. The fourth-order valence-electron chi connectivity index (χ4n) is 2.85. The number of hydrogen-bond acceptors (Lipinski definition) is 5. The number of carbonyl (C=O) groups is 2. The van der Waals surface area contributed by atoms with Gasteiger partial charge in [-0.1, -0.05) is 23.7 Å². The van der Waals surface area contributed by atoms with E-state index in [4.69, 9.17) is 25.8 Å². The third kappa shape index (κ3) is 3.82. The molecule has 2 aromatic carbocycles. The largest absolute Gasteiger partial charge is 0.452 e. The number of halogens is 1. The molecule has 0 atom stereocenters. The summed E-state index contributed by atoms with van der Waals surface area (Å²) >= 11 is 5.87. The van der Waals surface area contributed by atoms with Crippen LogP contribution in [0.1, 0.15) is 15.9 Å². The lowest BCUT2D eigenvalue weighted by molar-refractivity contribution is 0.0416. The van der Waals surface area contributed by atoms with Crippen LogP contribution in [0.5, 0.6) is 11.5 Å². The molecule has 0 spiro atoms.